The lowest BCUT2D eigenvalue weighted by Gasteiger charge is -1.93. The van der Waals surface area contributed by atoms with Gasteiger partial charge in [-0.15, -0.1) is 45.3 Å². The van der Waals surface area contributed by atoms with Gasteiger partial charge in [0.2, 0.25) is 0 Å². The fourth-order valence-electron chi connectivity index (χ4n) is 3.38. The molecule has 0 bridgehead atoms. The summed E-state index contributed by atoms with van der Waals surface area (Å²) < 4.78 is 12.0. The zero-order valence-corrected chi connectivity index (χ0v) is 18.5. The molecule has 0 amide bonds. The molecule has 0 aliphatic carbocycles. The zero-order chi connectivity index (χ0) is 18.1. The van der Waals surface area contributed by atoms with Crippen molar-refractivity contribution in [1.29, 1.82) is 0 Å². The van der Waals surface area contributed by atoms with E-state index in [0.29, 0.717) is 0 Å². The summed E-state index contributed by atoms with van der Waals surface area (Å²) in [5, 5.41) is 6.93. The van der Waals surface area contributed by atoms with Gasteiger partial charge in [0.1, 0.15) is 11.0 Å². The van der Waals surface area contributed by atoms with E-state index < -0.39 is 0 Å². The highest BCUT2D eigenvalue weighted by atomic mass is 32.1. The zero-order valence-electron chi connectivity index (χ0n) is 14.4. The molecule has 0 aliphatic rings. The van der Waals surface area contributed by atoms with Crippen LogP contribution in [0.2, 0.25) is 0 Å². The van der Waals surface area contributed by atoms with E-state index in [4.69, 9.17) is 0 Å². The summed E-state index contributed by atoms with van der Waals surface area (Å²) in [4.78, 5) is 5.33. The van der Waals surface area contributed by atoms with Crippen LogP contribution in [0.25, 0.3) is 50.7 Å². The molecule has 27 heavy (non-hydrogen) atoms. The largest absolute Gasteiger partial charge is 0.172 e. The average molecular weight is 441 g/mol. The predicted octanol–water partition coefficient (Wildman–Crippen LogP) is 8.19. The summed E-state index contributed by atoms with van der Waals surface area (Å²) >= 11 is 8.72. The van der Waals surface area contributed by atoms with Gasteiger partial charge in [-0.2, -0.15) is 8.75 Å². The highest BCUT2D eigenvalue weighted by Crippen LogP contribution is 2.48. The molecule has 0 spiro atoms. The van der Waals surface area contributed by atoms with Crippen LogP contribution in [0.5, 0.6) is 0 Å². The van der Waals surface area contributed by atoms with Crippen molar-refractivity contribution in [2.75, 3.05) is 0 Å². The first kappa shape index (κ1) is 16.3. The summed E-state index contributed by atoms with van der Waals surface area (Å²) in [5.41, 5.74) is 4.74. The molecular formula is C20H12N2S5. The predicted molar refractivity (Wildman–Crippen MR) is 124 cm³/mol. The van der Waals surface area contributed by atoms with Crippen LogP contribution in [-0.4, -0.2) is 8.75 Å². The van der Waals surface area contributed by atoms with Crippen LogP contribution in [0.3, 0.4) is 0 Å². The Morgan fingerprint density at radius 3 is 1.52 bits per heavy atom. The number of fused-ring (bicyclic) bond motifs is 6. The van der Waals surface area contributed by atoms with Gasteiger partial charge in [0, 0.05) is 30.3 Å². The van der Waals surface area contributed by atoms with E-state index in [1.165, 1.54) is 62.5 Å². The highest BCUT2D eigenvalue weighted by molar-refractivity contribution is 7.32. The Bertz CT molecular complexity index is 1350. The molecule has 0 N–H and O–H groups in total. The molecule has 5 heterocycles. The van der Waals surface area contributed by atoms with Gasteiger partial charge in [0.15, 0.2) is 0 Å². The van der Waals surface area contributed by atoms with Crippen molar-refractivity contribution in [3.8, 4) is 19.5 Å². The smallest absolute Gasteiger partial charge is 0.114 e. The summed E-state index contributed by atoms with van der Waals surface area (Å²) in [6.07, 6.45) is 0. The fraction of sp³-hybridized carbons (Fsp3) is 0.100. The van der Waals surface area contributed by atoms with E-state index in [1.807, 2.05) is 45.3 Å². The lowest BCUT2D eigenvalue weighted by Crippen LogP contribution is -1.72. The minimum absolute atomic E-state index is 1.05. The molecule has 0 saturated heterocycles. The van der Waals surface area contributed by atoms with E-state index in [-0.39, 0.29) is 0 Å². The van der Waals surface area contributed by atoms with Gasteiger partial charge in [0.25, 0.3) is 0 Å². The standard InChI is InChI=1S/C20H12N2S5/c1-9-3-13(23-7-9)15-5-11-17-18(22-27-21-17)12-6-16(14-4-10(2)8-24-14)26-20(12)19(11)25-15/h3-8H,1-2H3. The Kier molecular flexibility index (Phi) is 3.58. The third kappa shape index (κ3) is 2.46. The van der Waals surface area contributed by atoms with E-state index in [2.05, 4.69) is 57.6 Å². The molecule has 0 saturated carbocycles. The van der Waals surface area contributed by atoms with Crippen molar-refractivity contribution in [3.63, 3.8) is 0 Å². The quantitative estimate of drug-likeness (QED) is 0.271. The van der Waals surface area contributed by atoms with Gasteiger partial charge < -0.3 is 0 Å². The topological polar surface area (TPSA) is 25.8 Å². The molecule has 1 aromatic carbocycles. The van der Waals surface area contributed by atoms with Crippen LogP contribution in [-0.2, 0) is 0 Å². The third-order valence-electron chi connectivity index (χ3n) is 4.62. The van der Waals surface area contributed by atoms with Crippen LogP contribution < -0.4 is 0 Å². The van der Waals surface area contributed by atoms with Crippen molar-refractivity contribution in [3.05, 3.63) is 46.2 Å². The molecule has 0 atom stereocenters. The average Bonchev–Trinajstić information content (AvgIpc) is 3.43. The molecule has 0 radical (unpaired) electrons. The molecule has 0 fully saturated rings. The number of thiophene rings is 4. The first-order valence-electron chi connectivity index (χ1n) is 8.40. The summed E-state index contributed by atoms with van der Waals surface area (Å²) in [5.74, 6) is 0. The van der Waals surface area contributed by atoms with Gasteiger partial charge in [-0.25, -0.2) is 0 Å². The monoisotopic (exact) mass is 440 g/mol. The van der Waals surface area contributed by atoms with E-state index >= 15 is 0 Å². The van der Waals surface area contributed by atoms with Gasteiger partial charge in [0.05, 0.1) is 21.1 Å². The molecule has 0 aliphatic heterocycles. The number of nitrogens with zero attached hydrogens (tertiary/aromatic N) is 2. The lowest BCUT2D eigenvalue weighted by atomic mass is 10.1. The van der Waals surface area contributed by atoms with Gasteiger partial charge in [-0.1, -0.05) is 0 Å². The van der Waals surface area contributed by atoms with Crippen molar-refractivity contribution in [2.45, 2.75) is 13.8 Å². The normalized spacial score (nSPS) is 12.1. The molecule has 5 aromatic heterocycles. The third-order valence-corrected chi connectivity index (χ3v) is 10.1. The molecular weight excluding hydrogens is 429 g/mol. The molecule has 6 aromatic rings. The Labute approximate surface area is 175 Å². The van der Waals surface area contributed by atoms with Crippen LogP contribution in [0.4, 0.5) is 0 Å². The first-order valence-corrected chi connectivity index (χ1v) is 12.5. The molecule has 0 unspecified atom stereocenters. The number of aryl methyl sites for hydroxylation is 2. The highest BCUT2D eigenvalue weighted by Gasteiger charge is 2.19. The molecule has 132 valence electrons. The number of hydrogen-bond donors (Lipinski definition) is 0. The van der Waals surface area contributed by atoms with Crippen molar-refractivity contribution < 1.29 is 0 Å². The Morgan fingerprint density at radius 2 is 1.11 bits per heavy atom. The minimum Gasteiger partial charge on any atom is -0.172 e. The maximum Gasteiger partial charge on any atom is 0.114 e. The Balaban J connectivity index is 1.70. The number of rotatable bonds is 2. The number of benzene rings is 1. The summed E-state index contributed by atoms with van der Waals surface area (Å²) in [6.45, 7) is 4.31. The molecule has 6 rings (SSSR count). The van der Waals surface area contributed by atoms with Gasteiger partial charge in [-0.3, -0.25) is 0 Å². The van der Waals surface area contributed by atoms with E-state index in [0.717, 1.165) is 11.0 Å². The summed E-state index contributed by atoms with van der Waals surface area (Å²) in [6, 6.07) is 9.17. The van der Waals surface area contributed by atoms with Gasteiger partial charge in [-0.05, 0) is 60.0 Å². The number of hydrogen-bond acceptors (Lipinski definition) is 7. The number of aromatic nitrogens is 2. The maximum atomic E-state index is 4.64. The van der Waals surface area contributed by atoms with Crippen molar-refractivity contribution in [1.82, 2.24) is 8.75 Å². The minimum atomic E-state index is 1.05. The first-order chi connectivity index (χ1) is 13.2. The van der Waals surface area contributed by atoms with E-state index in [9.17, 15) is 0 Å². The van der Waals surface area contributed by atoms with Crippen molar-refractivity contribution >= 4 is 88.3 Å². The Morgan fingerprint density at radius 1 is 0.630 bits per heavy atom. The maximum absolute atomic E-state index is 4.64. The van der Waals surface area contributed by atoms with Gasteiger partial charge >= 0.3 is 0 Å². The van der Waals surface area contributed by atoms with Crippen LogP contribution in [0.15, 0.2) is 35.0 Å². The lowest BCUT2D eigenvalue weighted by molar-refractivity contribution is 1.56. The van der Waals surface area contributed by atoms with Crippen molar-refractivity contribution in [2.24, 2.45) is 0 Å². The molecule has 2 nitrogen and oxygen atoms in total. The second-order valence-corrected chi connectivity index (χ2v) is 11.1. The second kappa shape index (κ2) is 5.93. The SMILES string of the molecule is Cc1csc(-c2cc3c4nsnc4c4cc(-c5cc(C)cs5)sc4c3s2)c1. The molecule has 7 heteroatoms. The van der Waals surface area contributed by atoms with Crippen LogP contribution >= 0.6 is 57.1 Å². The Hall–Kier alpha value is -1.64. The van der Waals surface area contributed by atoms with Crippen LogP contribution in [0.1, 0.15) is 11.1 Å². The summed E-state index contributed by atoms with van der Waals surface area (Å²) in [7, 11) is 0. The van der Waals surface area contributed by atoms with Crippen LogP contribution in [0, 0.1) is 13.8 Å². The fourth-order valence-corrected chi connectivity index (χ4v) is 8.41. The second-order valence-electron chi connectivity index (χ2n) is 6.64. The van der Waals surface area contributed by atoms with E-state index in [1.54, 1.807) is 0 Å².